The molecule has 42 heteroatoms. The highest BCUT2D eigenvalue weighted by Crippen LogP contribution is 2.64. The van der Waals surface area contributed by atoms with Crippen LogP contribution in [0.3, 0.4) is 0 Å². The van der Waals surface area contributed by atoms with Gasteiger partial charge in [-0.25, -0.2) is 0 Å². The summed E-state index contributed by atoms with van der Waals surface area (Å²) in [4.78, 5) is 94.0. The van der Waals surface area contributed by atoms with Crippen molar-refractivity contribution in [2.75, 3.05) is 179 Å². The monoisotopic (exact) mass is 1570 g/mol. The summed E-state index contributed by atoms with van der Waals surface area (Å²) >= 11 is 0. The molecule has 4 atom stereocenters. The number of benzene rings is 4. The zero-order chi connectivity index (χ0) is 75.4. The number of halogens is 1. The van der Waals surface area contributed by atoms with E-state index >= 15 is 0 Å². The molecule has 0 saturated carbocycles. The van der Waals surface area contributed by atoms with Gasteiger partial charge in [0.15, 0.2) is 11.6 Å². The molecule has 0 aliphatic heterocycles. The number of carbonyl (C=O) groups is 3. The van der Waals surface area contributed by atoms with Crippen molar-refractivity contribution < 1.29 is 107 Å². The fraction of sp³-hybridized carbons (Fsp3) is 0.526. The Labute approximate surface area is 592 Å². The first kappa shape index (κ1) is 97.4. The van der Waals surface area contributed by atoms with Gasteiger partial charge in [0.25, 0.3) is 0 Å². The van der Waals surface area contributed by atoms with Gasteiger partial charge in [-0.05, 0) is 153 Å². The lowest BCUT2D eigenvalue weighted by atomic mass is 10.1. The Morgan fingerprint density at radius 3 is 0.949 bits per heavy atom. The lowest BCUT2D eigenvalue weighted by Crippen LogP contribution is -2.34. The first-order chi connectivity index (χ1) is 45.5. The third kappa shape index (κ3) is 38.6. The van der Waals surface area contributed by atoms with Crippen molar-refractivity contribution in [3.05, 3.63) is 97.1 Å². The van der Waals surface area contributed by atoms with Crippen molar-refractivity contribution in [2.45, 2.75) is 41.5 Å². The highest BCUT2D eigenvalue weighted by Gasteiger charge is 2.40. The van der Waals surface area contributed by atoms with Gasteiger partial charge in [-0.2, -0.15) is 0 Å². The van der Waals surface area contributed by atoms with E-state index < -0.39 is 83.3 Å². The van der Waals surface area contributed by atoms with Crippen molar-refractivity contribution in [1.82, 2.24) is 20.4 Å². The maximum absolute atomic E-state index is 13.5. The van der Waals surface area contributed by atoms with E-state index in [0.717, 1.165) is 48.1 Å². The Morgan fingerprint density at radius 2 is 0.707 bits per heavy atom. The molecule has 10 N–H and O–H groups in total. The van der Waals surface area contributed by atoms with E-state index in [1.54, 1.807) is 121 Å². The Bertz CT molecular complexity index is 3310. The van der Waals surface area contributed by atoms with E-state index in [4.69, 9.17) is 68.1 Å². The second kappa shape index (κ2) is 47.7. The lowest BCUT2D eigenvalue weighted by Gasteiger charge is -2.25. The van der Waals surface area contributed by atoms with Crippen LogP contribution in [0.5, 0.6) is 0 Å². The molecule has 4 unspecified atom stereocenters. The molecule has 560 valence electrons. The van der Waals surface area contributed by atoms with E-state index in [1.807, 2.05) is 49.9 Å². The molecule has 4 aromatic rings. The zero-order valence-corrected chi connectivity index (χ0v) is 66.4. The van der Waals surface area contributed by atoms with Crippen LogP contribution in [0.1, 0.15) is 41.5 Å². The number of nitrogens with one attached hydrogen (secondary N) is 2. The zero-order valence-electron chi connectivity index (χ0n) is 58.4. The molecule has 0 fully saturated rings. The predicted octanol–water partition coefficient (Wildman–Crippen LogP) is 7.51. The SMILES string of the molecule is CCOP(=O)(CP(=O)(OCC)c1ccc(N)cc1)OCC.CNCCN(C)c1ccc(P(=O)(O)CP(=O)(O)O)cc1.CNCCN(C)c1ccc(P(=O)(O)CP(=O)(O)O)cc1.Cl.[B]C(=O)N(C)CC=O.[B]C(=O)N(C)CCN(C)c1ccc(P(=O)(CP(=O)(OCC)OCC)OCC)cc1. The average Bonchev–Trinajstić information content (AvgIpc) is 0.837. The molecular weight excluding hydrogens is 1470 g/mol. The van der Waals surface area contributed by atoms with Crippen LogP contribution in [-0.2, 0) is 68.5 Å². The maximum atomic E-state index is 13.5. The predicted molar refractivity (Wildman–Crippen MR) is 401 cm³/mol. The summed E-state index contributed by atoms with van der Waals surface area (Å²) in [5.41, 5.74) is 8.78. The van der Waals surface area contributed by atoms with Gasteiger partial charge in [-0.1, -0.05) is 0 Å². The number of nitrogens with two attached hydrogens (primary N) is 1. The Balaban J connectivity index is 0. The Hall–Kier alpha value is -3.61. The number of hydrogen-bond donors (Lipinski definition) is 9. The second-order valence-electron chi connectivity index (χ2n) is 21.1. The number of amides is 2. The number of rotatable bonds is 38. The van der Waals surface area contributed by atoms with Crippen LogP contribution in [0.2, 0.25) is 0 Å². The summed E-state index contributed by atoms with van der Waals surface area (Å²) < 4.78 is 130. The van der Waals surface area contributed by atoms with E-state index in [1.165, 1.54) is 36.2 Å². The molecule has 99 heavy (non-hydrogen) atoms. The molecule has 4 aromatic carbocycles. The molecule has 0 spiro atoms. The van der Waals surface area contributed by atoms with Crippen LogP contribution < -0.4 is 52.3 Å². The smallest absolute Gasteiger partial charge is 0.340 e. The van der Waals surface area contributed by atoms with Gasteiger partial charge in [-0.15, -0.1) is 12.4 Å². The van der Waals surface area contributed by atoms with E-state index in [2.05, 4.69) is 10.6 Å². The first-order valence-corrected chi connectivity index (χ1v) is 44.9. The first-order valence-electron chi connectivity index (χ1n) is 30.5. The van der Waals surface area contributed by atoms with Gasteiger partial charge < -0.3 is 102 Å². The number of anilines is 4. The van der Waals surface area contributed by atoms with Crippen LogP contribution >= 0.6 is 72.3 Å². The Kier molecular flexibility index (Phi) is 46.9. The molecule has 31 nitrogen and oxygen atoms in total. The number of nitrogens with zero attached hydrogens (tertiary/aromatic N) is 5. The third-order valence-electron chi connectivity index (χ3n) is 13.1. The fourth-order valence-corrected chi connectivity index (χ4v) is 25.5. The quantitative estimate of drug-likeness (QED) is 0.00906. The highest BCUT2D eigenvalue weighted by molar-refractivity contribution is 7.79. The lowest BCUT2D eigenvalue weighted by molar-refractivity contribution is -0.108. The summed E-state index contributed by atoms with van der Waals surface area (Å²) in [6.07, 6.45) is 0.616. The number of hydrogen-bond acceptors (Lipinski definition) is 23. The van der Waals surface area contributed by atoms with Gasteiger partial charge in [0.1, 0.15) is 29.9 Å². The van der Waals surface area contributed by atoms with Crippen molar-refractivity contribution in [2.24, 2.45) is 0 Å². The van der Waals surface area contributed by atoms with Gasteiger partial charge in [-0.3, -0.25) is 46.1 Å². The van der Waals surface area contributed by atoms with Gasteiger partial charge >= 0.3 is 30.4 Å². The molecule has 4 radical (unpaired) electrons. The van der Waals surface area contributed by atoms with E-state index in [0.29, 0.717) is 35.7 Å². The second-order valence-corrected chi connectivity index (χ2v) is 39.9. The molecule has 0 heterocycles. The highest BCUT2D eigenvalue weighted by atomic mass is 35.5. The van der Waals surface area contributed by atoms with Crippen LogP contribution in [0.15, 0.2) is 97.1 Å². The minimum Gasteiger partial charge on any atom is -0.399 e. The molecule has 0 bridgehead atoms. The molecule has 4 rings (SSSR count). The standard InChI is InChI=1S/C18H31BN2O6P2.C13H23NO5P2.2C11H20N2O5P2.C4H6BNO2.ClH/c1-6-25-28(23,15-29(24,26-7-2)27-8-3)17-11-9-16(10-12-17)20(4)13-14-21(5)18(19)22;1-4-17-20(15,13-9-7-12(14)8-10-13)11-21(16,18-5-2)19-6-3;2*1-12-7-8-13(2)10-3-5-11(6-4-10)19(14,15)9-20(16,17)18;1-6(2-3-7)4(5)8;/h9-12H,6-8,13-15H2,1-5H3;7-10H,4-6,11,14H2,1-3H3;2*3-6,12H,7-9H2,1-2H3,(H,14,15)(H2,16,17,18);3H,2H2,1H3;1H. The van der Waals surface area contributed by atoms with Crippen molar-refractivity contribution >= 4 is 150 Å². The molecular formula is C57H101B2ClN8O23P8. The summed E-state index contributed by atoms with van der Waals surface area (Å²) in [7, 11) is -8.50. The number of carbonyl (C=O) groups excluding carboxylic acids is 3. The summed E-state index contributed by atoms with van der Waals surface area (Å²) in [6, 6.07) is 25.9. The maximum Gasteiger partial charge on any atom is 0.340 e. The summed E-state index contributed by atoms with van der Waals surface area (Å²) in [5.74, 6) is -3.73. The molecule has 0 aromatic heterocycles. The molecule has 0 aliphatic carbocycles. The molecule has 2 amide bonds. The third-order valence-corrected chi connectivity index (χ3v) is 33.2. The molecule has 0 aliphatic rings. The van der Waals surface area contributed by atoms with Crippen molar-refractivity contribution in [3.63, 3.8) is 0 Å². The summed E-state index contributed by atoms with van der Waals surface area (Å²) in [5, 5.41) is 7.04. The van der Waals surface area contributed by atoms with Crippen LogP contribution in [0.4, 0.5) is 32.3 Å². The minimum absolute atomic E-state index is 0. The number of nitrogen functional groups attached to an aromatic ring is 1. The summed E-state index contributed by atoms with van der Waals surface area (Å²) in [6.45, 7) is 15.8. The largest absolute Gasteiger partial charge is 0.399 e. The van der Waals surface area contributed by atoms with Crippen molar-refractivity contribution in [1.29, 1.82) is 0 Å². The topological polar surface area (TPSA) is 431 Å². The number of aldehydes is 1. The molecule has 0 saturated heterocycles. The van der Waals surface area contributed by atoms with Crippen LogP contribution in [0.25, 0.3) is 0 Å². The van der Waals surface area contributed by atoms with Crippen molar-refractivity contribution in [3.8, 4) is 0 Å². The van der Waals surface area contributed by atoms with Gasteiger partial charge in [0.05, 0.1) is 46.2 Å². The fourth-order valence-electron chi connectivity index (χ4n) is 8.03. The van der Waals surface area contributed by atoms with Crippen LogP contribution in [-0.4, -0.2) is 231 Å². The Morgan fingerprint density at radius 1 is 0.434 bits per heavy atom. The normalized spacial score (nSPS) is 13.8. The average molecular weight is 1570 g/mol. The van der Waals surface area contributed by atoms with Gasteiger partial charge in [0, 0.05) is 118 Å². The van der Waals surface area contributed by atoms with E-state index in [-0.39, 0.29) is 81.0 Å². The van der Waals surface area contributed by atoms with Crippen LogP contribution in [0, 0.1) is 0 Å². The minimum atomic E-state index is -4.53. The van der Waals surface area contributed by atoms with Gasteiger partial charge in [0.2, 0.25) is 45.2 Å². The van der Waals surface area contributed by atoms with E-state index in [9.17, 15) is 60.7 Å². The number of likely N-dealkylation sites (N-methyl/N-ethyl adjacent to an activating group) is 7.